The van der Waals surface area contributed by atoms with Crippen molar-refractivity contribution < 1.29 is 39.2 Å². The van der Waals surface area contributed by atoms with Crippen LogP contribution in [-0.4, -0.2) is 46.3 Å². The number of carbonyl (C=O) groups excluding carboxylic acids is 2. The predicted molar refractivity (Wildman–Crippen MR) is 93.0 cm³/mol. The van der Waals surface area contributed by atoms with Crippen molar-refractivity contribution in [2.24, 2.45) is 11.8 Å². The highest BCUT2D eigenvalue weighted by Gasteiger charge is 2.39. The molecular weight excluding hydrogens is 356 g/mol. The summed E-state index contributed by atoms with van der Waals surface area (Å²) in [5, 5.41) is 27.8. The summed E-state index contributed by atoms with van der Waals surface area (Å²) in [7, 11) is 0. The van der Waals surface area contributed by atoms with Crippen LogP contribution in [0.5, 0.6) is 11.5 Å². The number of aldehydes is 1. The van der Waals surface area contributed by atoms with Crippen LogP contribution in [0, 0.1) is 11.8 Å². The zero-order valence-corrected chi connectivity index (χ0v) is 14.8. The predicted octanol–water partition coefficient (Wildman–Crippen LogP) is 1.78. The Morgan fingerprint density at radius 1 is 1.26 bits per heavy atom. The molecule has 0 saturated heterocycles. The van der Waals surface area contributed by atoms with Gasteiger partial charge in [-0.1, -0.05) is 6.07 Å². The number of phenolic OH excluding ortho intramolecular Hbond substituents is 2. The number of benzene rings is 1. The van der Waals surface area contributed by atoms with E-state index in [1.54, 1.807) is 13.0 Å². The van der Waals surface area contributed by atoms with Gasteiger partial charge >= 0.3 is 11.9 Å². The van der Waals surface area contributed by atoms with Gasteiger partial charge in [0.2, 0.25) is 0 Å². The zero-order valence-electron chi connectivity index (χ0n) is 14.8. The number of carboxylic acid groups (broad SMARTS) is 1. The Hall–Kier alpha value is -3.03. The van der Waals surface area contributed by atoms with Crippen LogP contribution in [0.1, 0.15) is 25.3 Å². The fourth-order valence-corrected chi connectivity index (χ4v) is 2.98. The molecule has 146 valence electrons. The van der Waals surface area contributed by atoms with E-state index in [1.165, 1.54) is 18.4 Å². The van der Waals surface area contributed by atoms with E-state index < -0.39 is 29.9 Å². The van der Waals surface area contributed by atoms with E-state index in [4.69, 9.17) is 14.6 Å². The van der Waals surface area contributed by atoms with Crippen molar-refractivity contribution in [3.8, 4) is 11.5 Å². The number of aliphatic carboxylic acids is 1. The smallest absolute Gasteiger partial charge is 0.337 e. The van der Waals surface area contributed by atoms with E-state index in [1.807, 2.05) is 0 Å². The van der Waals surface area contributed by atoms with Gasteiger partial charge in [0.25, 0.3) is 0 Å². The summed E-state index contributed by atoms with van der Waals surface area (Å²) in [6, 6.07) is 4.44. The normalized spacial score (nSPS) is 21.7. The minimum absolute atomic E-state index is 0.0369. The Morgan fingerprint density at radius 3 is 2.63 bits per heavy atom. The molecule has 0 radical (unpaired) electrons. The molecule has 1 aromatic carbocycles. The summed E-state index contributed by atoms with van der Waals surface area (Å²) in [5.41, 5.74) is 0.801. The lowest BCUT2D eigenvalue weighted by molar-refractivity contribution is -0.143. The van der Waals surface area contributed by atoms with Crippen LogP contribution in [0.15, 0.2) is 30.0 Å². The lowest BCUT2D eigenvalue weighted by Gasteiger charge is -2.31. The Labute approximate surface area is 156 Å². The molecule has 0 aromatic heterocycles. The van der Waals surface area contributed by atoms with Crippen LogP contribution < -0.4 is 0 Å². The molecule has 27 heavy (non-hydrogen) atoms. The number of aryl methyl sites for hydroxylation is 1. The van der Waals surface area contributed by atoms with Gasteiger partial charge in [-0.3, -0.25) is 4.79 Å². The van der Waals surface area contributed by atoms with E-state index in [9.17, 15) is 24.6 Å². The third-order valence-electron chi connectivity index (χ3n) is 4.49. The maximum atomic E-state index is 12.3. The van der Waals surface area contributed by atoms with Crippen LogP contribution in [0.3, 0.4) is 0 Å². The van der Waals surface area contributed by atoms with Gasteiger partial charge in [-0.15, -0.1) is 0 Å². The van der Waals surface area contributed by atoms with Gasteiger partial charge in [-0.05, 0) is 37.5 Å². The monoisotopic (exact) mass is 378 g/mol. The second kappa shape index (κ2) is 9.07. The van der Waals surface area contributed by atoms with Gasteiger partial charge in [-0.25, -0.2) is 4.79 Å². The largest absolute Gasteiger partial charge is 0.504 e. The fourth-order valence-electron chi connectivity index (χ4n) is 2.98. The number of carbonyl (C=O) groups is 3. The van der Waals surface area contributed by atoms with E-state index in [-0.39, 0.29) is 30.1 Å². The van der Waals surface area contributed by atoms with E-state index in [0.717, 1.165) is 5.56 Å². The summed E-state index contributed by atoms with van der Waals surface area (Å²) in [6.45, 7) is 1.71. The molecule has 2 rings (SSSR count). The summed E-state index contributed by atoms with van der Waals surface area (Å²) in [6.07, 6.45) is 1.86. The highest BCUT2D eigenvalue weighted by Crippen LogP contribution is 2.33. The molecule has 0 amide bonds. The molecule has 1 aromatic rings. The standard InChI is InChI=1S/C19H22O8/c1-11-14(9-20)13(8-18(23)24)15(10-27-11)19(25)26-6-2-3-12-4-5-16(21)17(22)7-12/h4-5,7,9-11,13-14,21-22H,2-3,6,8H2,1H3,(H,23,24). The minimum Gasteiger partial charge on any atom is -0.504 e. The number of rotatable bonds is 8. The lowest BCUT2D eigenvalue weighted by atomic mass is 9.80. The minimum atomic E-state index is -1.12. The molecule has 3 unspecified atom stereocenters. The molecular formula is C19H22O8. The average molecular weight is 378 g/mol. The average Bonchev–Trinajstić information content (AvgIpc) is 2.61. The number of aromatic hydroxyl groups is 2. The third kappa shape index (κ3) is 5.22. The number of esters is 1. The zero-order chi connectivity index (χ0) is 20.0. The van der Waals surface area contributed by atoms with E-state index >= 15 is 0 Å². The number of phenols is 2. The first kappa shape index (κ1) is 20.3. The quantitative estimate of drug-likeness (QED) is 0.270. The van der Waals surface area contributed by atoms with Crippen molar-refractivity contribution >= 4 is 18.2 Å². The fraction of sp³-hybridized carbons (Fsp3) is 0.421. The molecule has 8 nitrogen and oxygen atoms in total. The topological polar surface area (TPSA) is 130 Å². The highest BCUT2D eigenvalue weighted by atomic mass is 16.5. The molecule has 3 N–H and O–H groups in total. The highest BCUT2D eigenvalue weighted by molar-refractivity contribution is 5.90. The van der Waals surface area contributed by atoms with Crippen molar-refractivity contribution in [1.82, 2.24) is 0 Å². The number of ether oxygens (including phenoxy) is 2. The molecule has 8 heteroatoms. The van der Waals surface area contributed by atoms with Gasteiger partial charge in [0, 0.05) is 5.92 Å². The van der Waals surface area contributed by atoms with Crippen molar-refractivity contribution in [2.75, 3.05) is 6.61 Å². The van der Waals surface area contributed by atoms with Crippen LogP contribution in [0.25, 0.3) is 0 Å². The molecule has 0 saturated carbocycles. The SMILES string of the molecule is CC1OC=C(C(=O)OCCCc2ccc(O)c(O)c2)C(CC(=O)O)C1C=O. The molecule has 0 aliphatic carbocycles. The van der Waals surface area contributed by atoms with E-state index in [2.05, 4.69) is 0 Å². The number of hydrogen-bond donors (Lipinski definition) is 3. The van der Waals surface area contributed by atoms with Crippen molar-refractivity contribution in [3.05, 3.63) is 35.6 Å². The Bertz CT molecular complexity index is 739. The molecule has 3 atom stereocenters. The van der Waals surface area contributed by atoms with Crippen molar-refractivity contribution in [3.63, 3.8) is 0 Å². The van der Waals surface area contributed by atoms with Gasteiger partial charge in [0.1, 0.15) is 12.4 Å². The van der Waals surface area contributed by atoms with Crippen LogP contribution >= 0.6 is 0 Å². The second-order valence-corrected chi connectivity index (χ2v) is 6.39. The molecule has 1 aliphatic rings. The molecule has 1 aliphatic heterocycles. The first-order valence-electron chi connectivity index (χ1n) is 8.54. The third-order valence-corrected chi connectivity index (χ3v) is 4.49. The first-order chi connectivity index (χ1) is 12.8. The Morgan fingerprint density at radius 2 is 2.00 bits per heavy atom. The second-order valence-electron chi connectivity index (χ2n) is 6.39. The summed E-state index contributed by atoms with van der Waals surface area (Å²) >= 11 is 0. The molecule has 0 spiro atoms. The first-order valence-corrected chi connectivity index (χ1v) is 8.54. The van der Waals surface area contributed by atoms with Crippen LogP contribution in [0.4, 0.5) is 0 Å². The number of carboxylic acids is 1. The Balaban J connectivity index is 1.93. The van der Waals surface area contributed by atoms with E-state index in [0.29, 0.717) is 19.1 Å². The number of hydrogen-bond acceptors (Lipinski definition) is 7. The van der Waals surface area contributed by atoms with Gasteiger partial charge < -0.3 is 29.6 Å². The van der Waals surface area contributed by atoms with Gasteiger partial charge in [0.05, 0.1) is 30.8 Å². The maximum absolute atomic E-state index is 12.3. The van der Waals surface area contributed by atoms with Gasteiger partial charge in [0.15, 0.2) is 11.5 Å². The summed E-state index contributed by atoms with van der Waals surface area (Å²) < 4.78 is 10.5. The molecule has 1 heterocycles. The maximum Gasteiger partial charge on any atom is 0.337 e. The molecule has 0 fully saturated rings. The Kier molecular flexibility index (Phi) is 6.81. The van der Waals surface area contributed by atoms with Crippen molar-refractivity contribution in [1.29, 1.82) is 0 Å². The van der Waals surface area contributed by atoms with Gasteiger partial charge in [-0.2, -0.15) is 0 Å². The summed E-state index contributed by atoms with van der Waals surface area (Å²) in [4.78, 5) is 34.7. The van der Waals surface area contributed by atoms with Crippen molar-refractivity contribution in [2.45, 2.75) is 32.3 Å². The lowest BCUT2D eigenvalue weighted by Crippen LogP contribution is -2.37. The summed E-state index contributed by atoms with van der Waals surface area (Å²) in [5.74, 6) is -3.81. The van der Waals surface area contributed by atoms with Crippen LogP contribution in [-0.2, 0) is 30.3 Å². The molecule has 0 bridgehead atoms. The van der Waals surface area contributed by atoms with Crippen LogP contribution in [0.2, 0.25) is 0 Å².